The summed E-state index contributed by atoms with van der Waals surface area (Å²) in [6.07, 6.45) is 1.54. The number of anilines is 1. The standard InChI is InChI=1S/C17H15N3O3/c1-19(12-6-3-2-4-7-12)14(21)9-11-20-16(22)13-8-5-10-18-15(13)17(20)23/h2-8,10H,9,11H2,1H3. The van der Waals surface area contributed by atoms with Crippen LogP contribution < -0.4 is 4.90 Å². The summed E-state index contributed by atoms with van der Waals surface area (Å²) in [5.74, 6) is -1.00. The Balaban J connectivity index is 1.67. The highest BCUT2D eigenvalue weighted by atomic mass is 16.2. The highest BCUT2D eigenvalue weighted by molar-refractivity contribution is 6.20. The van der Waals surface area contributed by atoms with E-state index in [-0.39, 0.29) is 24.6 Å². The zero-order valence-corrected chi connectivity index (χ0v) is 12.6. The lowest BCUT2D eigenvalue weighted by atomic mass is 10.2. The highest BCUT2D eigenvalue weighted by Crippen LogP contribution is 2.21. The van der Waals surface area contributed by atoms with Gasteiger partial charge >= 0.3 is 0 Å². The Labute approximate surface area is 133 Å². The first kappa shape index (κ1) is 14.9. The first-order valence-electron chi connectivity index (χ1n) is 7.22. The van der Waals surface area contributed by atoms with Crippen LogP contribution in [-0.4, -0.2) is 41.2 Å². The Morgan fingerprint density at radius 2 is 1.83 bits per heavy atom. The van der Waals surface area contributed by atoms with Crippen molar-refractivity contribution in [3.8, 4) is 0 Å². The van der Waals surface area contributed by atoms with Crippen LogP contribution in [0.2, 0.25) is 0 Å². The number of para-hydroxylation sites is 1. The van der Waals surface area contributed by atoms with Gasteiger partial charge in [-0.2, -0.15) is 0 Å². The maximum absolute atomic E-state index is 12.2. The van der Waals surface area contributed by atoms with Gasteiger partial charge in [0.2, 0.25) is 5.91 Å². The molecule has 2 aromatic rings. The van der Waals surface area contributed by atoms with Crippen molar-refractivity contribution in [2.24, 2.45) is 0 Å². The molecule has 6 heteroatoms. The minimum absolute atomic E-state index is 0.0457. The van der Waals surface area contributed by atoms with Gasteiger partial charge in [-0.1, -0.05) is 18.2 Å². The lowest BCUT2D eigenvalue weighted by Crippen LogP contribution is -2.35. The first-order valence-corrected chi connectivity index (χ1v) is 7.22. The topological polar surface area (TPSA) is 70.6 Å². The molecule has 0 unspecified atom stereocenters. The Morgan fingerprint density at radius 3 is 2.52 bits per heavy atom. The molecular formula is C17H15N3O3. The molecule has 6 nitrogen and oxygen atoms in total. The van der Waals surface area contributed by atoms with Crippen LogP contribution in [0.25, 0.3) is 0 Å². The second kappa shape index (κ2) is 6.00. The maximum Gasteiger partial charge on any atom is 0.280 e. The number of hydrogen-bond acceptors (Lipinski definition) is 4. The van der Waals surface area contributed by atoms with Gasteiger partial charge in [-0.25, -0.2) is 0 Å². The third-order valence-electron chi connectivity index (χ3n) is 3.80. The molecule has 3 rings (SSSR count). The summed E-state index contributed by atoms with van der Waals surface area (Å²) >= 11 is 0. The monoisotopic (exact) mass is 309 g/mol. The first-order chi connectivity index (χ1) is 11.1. The molecular weight excluding hydrogens is 294 g/mol. The summed E-state index contributed by atoms with van der Waals surface area (Å²) in [7, 11) is 1.67. The van der Waals surface area contributed by atoms with Gasteiger partial charge in [-0.05, 0) is 24.3 Å². The molecule has 0 saturated heterocycles. The molecule has 0 spiro atoms. The van der Waals surface area contributed by atoms with Gasteiger partial charge in [0.15, 0.2) is 0 Å². The highest BCUT2D eigenvalue weighted by Gasteiger charge is 2.36. The Kier molecular flexibility index (Phi) is 3.89. The third-order valence-corrected chi connectivity index (χ3v) is 3.80. The number of carbonyl (C=O) groups is 3. The number of benzene rings is 1. The molecule has 1 aromatic heterocycles. The third kappa shape index (κ3) is 2.70. The van der Waals surface area contributed by atoms with E-state index < -0.39 is 11.8 Å². The van der Waals surface area contributed by atoms with Gasteiger partial charge in [0.25, 0.3) is 11.8 Å². The number of hydrogen-bond donors (Lipinski definition) is 0. The van der Waals surface area contributed by atoms with Gasteiger partial charge in [0.05, 0.1) is 5.56 Å². The van der Waals surface area contributed by atoms with Crippen LogP contribution in [0.1, 0.15) is 27.3 Å². The van der Waals surface area contributed by atoms with Gasteiger partial charge in [-0.15, -0.1) is 0 Å². The normalized spacial score (nSPS) is 13.2. The summed E-state index contributed by atoms with van der Waals surface area (Å²) in [5.41, 5.74) is 1.21. The SMILES string of the molecule is CN(C(=O)CCN1C(=O)c2cccnc2C1=O)c1ccccc1. The number of imide groups is 1. The van der Waals surface area contributed by atoms with Crippen molar-refractivity contribution < 1.29 is 14.4 Å². The number of amides is 3. The van der Waals surface area contributed by atoms with E-state index in [1.807, 2.05) is 30.3 Å². The Hall–Kier alpha value is -3.02. The van der Waals surface area contributed by atoms with Crippen molar-refractivity contribution >= 4 is 23.4 Å². The predicted octanol–water partition coefficient (Wildman–Crippen LogP) is 1.73. The van der Waals surface area contributed by atoms with Crippen LogP contribution in [0.3, 0.4) is 0 Å². The van der Waals surface area contributed by atoms with Crippen molar-refractivity contribution in [2.75, 3.05) is 18.5 Å². The molecule has 0 aliphatic carbocycles. The smallest absolute Gasteiger partial charge is 0.280 e. The van der Waals surface area contributed by atoms with E-state index in [9.17, 15) is 14.4 Å². The number of rotatable bonds is 4. The molecule has 116 valence electrons. The zero-order valence-electron chi connectivity index (χ0n) is 12.6. The van der Waals surface area contributed by atoms with E-state index in [1.165, 1.54) is 11.1 Å². The molecule has 0 N–H and O–H groups in total. The molecule has 1 aromatic carbocycles. The summed E-state index contributed by atoms with van der Waals surface area (Å²) in [6.45, 7) is 0.0457. The maximum atomic E-state index is 12.2. The van der Waals surface area contributed by atoms with Crippen LogP contribution >= 0.6 is 0 Å². The fourth-order valence-electron chi connectivity index (χ4n) is 2.49. The minimum Gasteiger partial charge on any atom is -0.315 e. The van der Waals surface area contributed by atoms with Crippen molar-refractivity contribution in [2.45, 2.75) is 6.42 Å². The van der Waals surface area contributed by atoms with Crippen molar-refractivity contribution in [3.05, 3.63) is 59.9 Å². The van der Waals surface area contributed by atoms with Crippen molar-refractivity contribution in [1.82, 2.24) is 9.88 Å². The fraction of sp³-hybridized carbons (Fsp3) is 0.176. The summed E-state index contributed by atoms with van der Waals surface area (Å²) in [4.78, 5) is 43.2. The summed E-state index contributed by atoms with van der Waals surface area (Å²) < 4.78 is 0. The molecule has 0 bridgehead atoms. The molecule has 1 aliphatic heterocycles. The predicted molar refractivity (Wildman–Crippen MR) is 84.1 cm³/mol. The summed E-state index contributed by atoms with van der Waals surface area (Å²) in [5, 5.41) is 0. The average molecular weight is 309 g/mol. The molecule has 1 aliphatic rings. The quantitative estimate of drug-likeness (QED) is 0.807. The average Bonchev–Trinajstić information content (AvgIpc) is 2.84. The van der Waals surface area contributed by atoms with Crippen LogP contribution in [0.15, 0.2) is 48.7 Å². The Morgan fingerprint density at radius 1 is 1.09 bits per heavy atom. The van der Waals surface area contributed by atoms with Crippen molar-refractivity contribution in [1.29, 1.82) is 0 Å². The minimum atomic E-state index is -0.444. The summed E-state index contributed by atoms with van der Waals surface area (Å²) in [6, 6.07) is 12.4. The second-order valence-electron chi connectivity index (χ2n) is 5.20. The van der Waals surface area contributed by atoms with E-state index in [0.29, 0.717) is 5.56 Å². The van der Waals surface area contributed by atoms with Gasteiger partial charge in [0, 0.05) is 31.9 Å². The van der Waals surface area contributed by atoms with Crippen LogP contribution in [0.4, 0.5) is 5.69 Å². The lowest BCUT2D eigenvalue weighted by molar-refractivity contribution is -0.118. The fourth-order valence-corrected chi connectivity index (χ4v) is 2.49. The van der Waals surface area contributed by atoms with Gasteiger partial charge in [0.1, 0.15) is 5.69 Å². The molecule has 0 radical (unpaired) electrons. The number of fused-ring (bicyclic) bond motifs is 1. The molecule has 23 heavy (non-hydrogen) atoms. The van der Waals surface area contributed by atoms with Crippen LogP contribution in [0, 0.1) is 0 Å². The van der Waals surface area contributed by atoms with Crippen LogP contribution in [-0.2, 0) is 4.79 Å². The molecule has 2 heterocycles. The van der Waals surface area contributed by atoms with E-state index in [0.717, 1.165) is 10.6 Å². The zero-order chi connectivity index (χ0) is 16.4. The van der Waals surface area contributed by atoms with Gasteiger partial charge < -0.3 is 4.90 Å². The lowest BCUT2D eigenvalue weighted by Gasteiger charge is -2.19. The number of pyridine rings is 1. The number of carbonyl (C=O) groups excluding carboxylic acids is 3. The number of nitrogens with zero attached hydrogens (tertiary/aromatic N) is 3. The molecule has 0 saturated carbocycles. The van der Waals surface area contributed by atoms with E-state index in [4.69, 9.17) is 0 Å². The second-order valence-corrected chi connectivity index (χ2v) is 5.20. The van der Waals surface area contributed by atoms with E-state index in [1.54, 1.807) is 19.2 Å². The van der Waals surface area contributed by atoms with E-state index >= 15 is 0 Å². The van der Waals surface area contributed by atoms with Crippen LogP contribution in [0.5, 0.6) is 0 Å². The van der Waals surface area contributed by atoms with Crippen molar-refractivity contribution in [3.63, 3.8) is 0 Å². The van der Waals surface area contributed by atoms with E-state index in [2.05, 4.69) is 4.98 Å². The molecule has 0 atom stereocenters. The molecule has 0 fully saturated rings. The largest absolute Gasteiger partial charge is 0.315 e. The molecule has 3 amide bonds. The number of aromatic nitrogens is 1. The Bertz CT molecular complexity index is 739. The van der Waals surface area contributed by atoms with Gasteiger partial charge in [-0.3, -0.25) is 24.3 Å².